The predicted molar refractivity (Wildman–Crippen MR) is 34.4 cm³/mol. The van der Waals surface area contributed by atoms with Gasteiger partial charge in [-0.3, -0.25) is 0 Å². The van der Waals surface area contributed by atoms with E-state index in [1.165, 1.54) is 0 Å². The molecular weight excluding hydrogens is 122 g/mol. The quantitative estimate of drug-likeness (QED) is 0.556. The molecule has 0 radical (unpaired) electrons. The van der Waals surface area contributed by atoms with Crippen molar-refractivity contribution in [3.05, 3.63) is 12.2 Å². The van der Waals surface area contributed by atoms with Crippen LogP contribution in [-0.2, 0) is 0 Å². The van der Waals surface area contributed by atoms with Gasteiger partial charge in [0.15, 0.2) is 0 Å². The summed E-state index contributed by atoms with van der Waals surface area (Å²) in [4.78, 5) is 0. The van der Waals surface area contributed by atoms with Crippen LogP contribution in [0, 0.1) is 5.92 Å². The van der Waals surface area contributed by atoms with Gasteiger partial charge < -0.3 is 0 Å². The van der Waals surface area contributed by atoms with Crippen LogP contribution in [0.2, 0.25) is 0 Å². The van der Waals surface area contributed by atoms with Crippen molar-refractivity contribution in [2.24, 2.45) is 5.92 Å². The van der Waals surface area contributed by atoms with Gasteiger partial charge in [-0.15, -0.1) is 0 Å². The Labute approximate surface area is 54.6 Å². The van der Waals surface area contributed by atoms with Gasteiger partial charge in [0.2, 0.25) is 0 Å². The first kappa shape index (κ1) is 8.60. The van der Waals surface area contributed by atoms with Gasteiger partial charge in [0.1, 0.15) is 0 Å². The van der Waals surface area contributed by atoms with Gasteiger partial charge in [0.05, 0.1) is 0 Å². The molecule has 0 aliphatic carbocycles. The van der Waals surface area contributed by atoms with Gasteiger partial charge in [-0.2, -0.15) is 8.78 Å². The minimum Gasteiger partial charge on any atom is -0.174 e. The van der Waals surface area contributed by atoms with E-state index in [4.69, 9.17) is 0 Å². The van der Waals surface area contributed by atoms with E-state index in [0.29, 0.717) is 12.3 Å². The van der Waals surface area contributed by atoms with Crippen molar-refractivity contribution in [2.45, 2.75) is 26.7 Å². The van der Waals surface area contributed by atoms with Gasteiger partial charge in [-0.05, 0) is 18.4 Å². The highest BCUT2D eigenvalue weighted by atomic mass is 19.3. The molecule has 1 unspecified atom stereocenters. The van der Waals surface area contributed by atoms with E-state index in [1.54, 1.807) is 0 Å². The molecule has 54 valence electrons. The first-order chi connectivity index (χ1) is 4.16. The molecule has 0 heterocycles. The van der Waals surface area contributed by atoms with E-state index in [2.05, 4.69) is 0 Å². The molecule has 0 saturated heterocycles. The Balaban J connectivity index is 3.37. The van der Waals surface area contributed by atoms with Crippen molar-refractivity contribution >= 4 is 0 Å². The molecular formula is C7H12F2. The second-order valence-electron chi connectivity index (χ2n) is 2.24. The van der Waals surface area contributed by atoms with E-state index in [1.807, 2.05) is 13.8 Å². The second-order valence-corrected chi connectivity index (χ2v) is 2.24. The predicted octanol–water partition coefficient (Wildman–Crippen LogP) is 3.20. The van der Waals surface area contributed by atoms with Crippen LogP contribution in [0.25, 0.3) is 0 Å². The normalized spacial score (nSPS) is 12.9. The van der Waals surface area contributed by atoms with Crippen molar-refractivity contribution in [1.29, 1.82) is 0 Å². The zero-order valence-corrected chi connectivity index (χ0v) is 5.82. The molecule has 1 atom stereocenters. The number of halogens is 2. The van der Waals surface area contributed by atoms with Crippen molar-refractivity contribution in [1.82, 2.24) is 0 Å². The van der Waals surface area contributed by atoms with Gasteiger partial charge in [0, 0.05) is 0 Å². The van der Waals surface area contributed by atoms with Crippen LogP contribution in [0.3, 0.4) is 0 Å². The third-order valence-corrected chi connectivity index (χ3v) is 1.37. The fraction of sp³-hybridized carbons (Fsp3) is 0.714. The monoisotopic (exact) mass is 134 g/mol. The molecule has 9 heavy (non-hydrogen) atoms. The van der Waals surface area contributed by atoms with Crippen LogP contribution >= 0.6 is 0 Å². The lowest BCUT2D eigenvalue weighted by atomic mass is 10.1. The lowest BCUT2D eigenvalue weighted by Crippen LogP contribution is -1.87. The molecule has 0 fully saturated rings. The minimum absolute atomic E-state index is 0.381. The van der Waals surface area contributed by atoms with Crippen molar-refractivity contribution in [3.8, 4) is 0 Å². The maximum Gasteiger partial charge on any atom is 0.266 e. The zero-order valence-electron chi connectivity index (χ0n) is 5.82. The molecule has 0 N–H and O–H groups in total. The molecule has 0 aromatic carbocycles. The number of hydrogen-bond acceptors (Lipinski definition) is 0. The molecule has 0 nitrogen and oxygen atoms in total. The highest BCUT2D eigenvalue weighted by Crippen LogP contribution is 2.09. The fourth-order valence-electron chi connectivity index (χ4n) is 0.457. The van der Waals surface area contributed by atoms with E-state index in [9.17, 15) is 8.78 Å². The Morgan fingerprint density at radius 1 is 1.56 bits per heavy atom. The maximum atomic E-state index is 11.4. The summed E-state index contributed by atoms with van der Waals surface area (Å²) in [5.41, 5.74) is 0. The summed E-state index contributed by atoms with van der Waals surface area (Å²) >= 11 is 0. The Morgan fingerprint density at radius 2 is 2.11 bits per heavy atom. The average molecular weight is 134 g/mol. The molecule has 0 amide bonds. The SMILES string of the molecule is CCC(C)CC=C(F)F. The summed E-state index contributed by atoms with van der Waals surface area (Å²) < 4.78 is 22.8. The second kappa shape index (κ2) is 4.48. The van der Waals surface area contributed by atoms with Crippen molar-refractivity contribution < 1.29 is 8.78 Å². The highest BCUT2D eigenvalue weighted by Gasteiger charge is 1.95. The van der Waals surface area contributed by atoms with Crippen LogP contribution < -0.4 is 0 Å². The number of hydrogen-bond donors (Lipinski definition) is 0. The number of rotatable bonds is 3. The summed E-state index contributed by atoms with van der Waals surface area (Å²) in [6.45, 7) is 3.95. The first-order valence-electron chi connectivity index (χ1n) is 3.18. The molecule has 0 aliphatic rings. The summed E-state index contributed by atoms with van der Waals surface area (Å²) in [5, 5.41) is 0. The van der Waals surface area contributed by atoms with E-state index < -0.39 is 6.08 Å². The van der Waals surface area contributed by atoms with Crippen LogP contribution in [0.1, 0.15) is 26.7 Å². The first-order valence-corrected chi connectivity index (χ1v) is 3.18. The zero-order chi connectivity index (χ0) is 7.28. The highest BCUT2D eigenvalue weighted by molar-refractivity contribution is 4.81. The smallest absolute Gasteiger partial charge is 0.174 e. The lowest BCUT2D eigenvalue weighted by molar-refractivity contribution is 0.411. The summed E-state index contributed by atoms with van der Waals surface area (Å²) in [7, 11) is 0. The number of allylic oxidation sites excluding steroid dienone is 1. The van der Waals surface area contributed by atoms with Crippen LogP contribution in [0.15, 0.2) is 12.2 Å². The largest absolute Gasteiger partial charge is 0.266 e. The van der Waals surface area contributed by atoms with Crippen molar-refractivity contribution in [2.75, 3.05) is 0 Å². The fourth-order valence-corrected chi connectivity index (χ4v) is 0.457. The third-order valence-electron chi connectivity index (χ3n) is 1.37. The molecule has 0 bridgehead atoms. The molecule has 2 heteroatoms. The molecule has 0 rings (SSSR count). The minimum atomic E-state index is -1.56. The van der Waals surface area contributed by atoms with Crippen LogP contribution in [-0.4, -0.2) is 0 Å². The van der Waals surface area contributed by atoms with Crippen LogP contribution in [0.5, 0.6) is 0 Å². The van der Waals surface area contributed by atoms with Gasteiger partial charge in [-0.1, -0.05) is 20.3 Å². The Hall–Kier alpha value is -0.400. The van der Waals surface area contributed by atoms with Gasteiger partial charge >= 0.3 is 0 Å². The van der Waals surface area contributed by atoms with Crippen LogP contribution in [0.4, 0.5) is 8.78 Å². The summed E-state index contributed by atoms with van der Waals surface area (Å²) in [6.07, 6.45) is 0.881. The molecule has 0 spiro atoms. The summed E-state index contributed by atoms with van der Waals surface area (Å²) in [5.74, 6) is 0.381. The third kappa shape index (κ3) is 5.47. The lowest BCUT2D eigenvalue weighted by Gasteiger charge is -2.00. The molecule has 0 aromatic rings. The van der Waals surface area contributed by atoms with E-state index >= 15 is 0 Å². The Bertz CT molecular complexity index is 93.1. The van der Waals surface area contributed by atoms with Gasteiger partial charge in [-0.25, -0.2) is 0 Å². The van der Waals surface area contributed by atoms with Crippen molar-refractivity contribution in [3.63, 3.8) is 0 Å². The molecule has 0 aromatic heterocycles. The summed E-state index contributed by atoms with van der Waals surface area (Å²) in [6, 6.07) is 0. The topological polar surface area (TPSA) is 0 Å². The van der Waals surface area contributed by atoms with E-state index in [0.717, 1.165) is 12.5 Å². The molecule has 0 aliphatic heterocycles. The molecule has 0 saturated carbocycles. The Kier molecular flexibility index (Phi) is 4.28. The standard InChI is InChI=1S/C7H12F2/c1-3-6(2)4-5-7(8)9/h5-6H,3-4H2,1-2H3. The Morgan fingerprint density at radius 3 is 2.44 bits per heavy atom. The average Bonchev–Trinajstić information content (AvgIpc) is 1.83. The van der Waals surface area contributed by atoms with Gasteiger partial charge in [0.25, 0.3) is 6.08 Å². The van der Waals surface area contributed by atoms with E-state index in [-0.39, 0.29) is 0 Å². The maximum absolute atomic E-state index is 11.4.